The van der Waals surface area contributed by atoms with E-state index < -0.39 is 0 Å². The predicted octanol–water partition coefficient (Wildman–Crippen LogP) is 5.12. The van der Waals surface area contributed by atoms with Gasteiger partial charge in [-0.15, -0.1) is 0 Å². The van der Waals surface area contributed by atoms with Gasteiger partial charge < -0.3 is 20.1 Å². The van der Waals surface area contributed by atoms with Crippen LogP contribution in [0.2, 0.25) is 0 Å². The van der Waals surface area contributed by atoms with Crippen LogP contribution in [0.15, 0.2) is 72.8 Å². The van der Waals surface area contributed by atoms with E-state index in [0.29, 0.717) is 40.7 Å². The van der Waals surface area contributed by atoms with E-state index in [1.165, 1.54) is 11.0 Å². The van der Waals surface area contributed by atoms with Gasteiger partial charge in [0.2, 0.25) is 11.8 Å². The van der Waals surface area contributed by atoms with Gasteiger partial charge in [0.25, 0.3) is 5.91 Å². The Morgan fingerprint density at radius 1 is 1.05 bits per heavy atom. The van der Waals surface area contributed by atoms with Crippen LogP contribution >= 0.6 is 0 Å². The summed E-state index contributed by atoms with van der Waals surface area (Å²) in [5.74, 6) is 0.409. The zero-order valence-electron chi connectivity index (χ0n) is 20.8. The third kappa shape index (κ3) is 6.35. The molecule has 0 saturated carbocycles. The molecule has 1 aliphatic heterocycles. The SMILES string of the molecule is CCCCOc1ccc(/C=C/C(=O)Nc2ccc(C(=O)N3CC(=O)Nc4ccccc43)cc2)cc1OC. The normalized spacial score (nSPS) is 12.6. The summed E-state index contributed by atoms with van der Waals surface area (Å²) in [4.78, 5) is 39.0. The van der Waals surface area contributed by atoms with Gasteiger partial charge in [-0.3, -0.25) is 19.3 Å². The minimum absolute atomic E-state index is 0.0598. The van der Waals surface area contributed by atoms with Crippen molar-refractivity contribution in [2.75, 3.05) is 35.8 Å². The number of unbranched alkanes of at least 4 members (excludes halogenated alkanes) is 1. The summed E-state index contributed by atoms with van der Waals surface area (Å²) in [6.45, 7) is 2.66. The minimum atomic E-state index is -0.317. The van der Waals surface area contributed by atoms with Gasteiger partial charge in [0.1, 0.15) is 6.54 Å². The summed E-state index contributed by atoms with van der Waals surface area (Å²) in [6.07, 6.45) is 5.12. The number of ether oxygens (including phenoxy) is 2. The summed E-state index contributed by atoms with van der Waals surface area (Å²) >= 11 is 0. The second-order valence-corrected chi connectivity index (χ2v) is 8.47. The van der Waals surface area contributed by atoms with Crippen molar-refractivity contribution in [2.45, 2.75) is 19.8 Å². The fourth-order valence-electron chi connectivity index (χ4n) is 3.86. The predicted molar refractivity (Wildman–Crippen MR) is 144 cm³/mol. The second kappa shape index (κ2) is 11.9. The van der Waals surface area contributed by atoms with Crippen molar-refractivity contribution >= 4 is 40.9 Å². The number of benzene rings is 3. The molecular formula is C29H29N3O5. The fourth-order valence-corrected chi connectivity index (χ4v) is 3.86. The van der Waals surface area contributed by atoms with Crippen LogP contribution < -0.4 is 25.0 Å². The van der Waals surface area contributed by atoms with Crippen LogP contribution in [0, 0.1) is 0 Å². The van der Waals surface area contributed by atoms with Gasteiger partial charge in [-0.2, -0.15) is 0 Å². The molecule has 8 heteroatoms. The molecule has 2 N–H and O–H groups in total. The molecule has 0 aromatic heterocycles. The third-order valence-corrected chi connectivity index (χ3v) is 5.79. The molecule has 3 aromatic rings. The number of hydrogen-bond acceptors (Lipinski definition) is 5. The molecule has 0 saturated heterocycles. The maximum absolute atomic E-state index is 13.1. The van der Waals surface area contributed by atoms with E-state index in [0.717, 1.165) is 18.4 Å². The van der Waals surface area contributed by atoms with Gasteiger partial charge in [-0.05, 0) is 66.6 Å². The first-order valence-corrected chi connectivity index (χ1v) is 12.1. The number of anilines is 3. The standard InChI is InChI=1S/C29H29N3O5/c1-3-4-17-37-25-15-9-20(18-26(25)36-2)10-16-27(33)30-22-13-11-21(12-14-22)29(35)32-19-28(34)31-23-7-5-6-8-24(23)32/h5-16,18H,3-4,17,19H2,1-2H3,(H,30,33)(H,31,34)/b16-10+. The highest BCUT2D eigenvalue weighted by molar-refractivity contribution is 6.15. The second-order valence-electron chi connectivity index (χ2n) is 8.47. The van der Waals surface area contributed by atoms with E-state index in [9.17, 15) is 14.4 Å². The molecule has 0 radical (unpaired) electrons. The number of rotatable bonds is 9. The number of fused-ring (bicyclic) bond motifs is 1. The van der Waals surface area contributed by atoms with Crippen molar-refractivity contribution in [1.82, 2.24) is 0 Å². The molecule has 3 amide bonds. The van der Waals surface area contributed by atoms with Crippen LogP contribution in [-0.4, -0.2) is 38.0 Å². The zero-order chi connectivity index (χ0) is 26.2. The van der Waals surface area contributed by atoms with E-state index in [4.69, 9.17) is 9.47 Å². The lowest BCUT2D eigenvalue weighted by Crippen LogP contribution is -2.42. The van der Waals surface area contributed by atoms with E-state index in [2.05, 4.69) is 17.6 Å². The van der Waals surface area contributed by atoms with Gasteiger partial charge in [0.15, 0.2) is 11.5 Å². The average molecular weight is 500 g/mol. The smallest absolute Gasteiger partial charge is 0.258 e. The van der Waals surface area contributed by atoms with Gasteiger partial charge in [-0.1, -0.05) is 31.5 Å². The molecule has 0 unspecified atom stereocenters. The van der Waals surface area contributed by atoms with E-state index in [1.807, 2.05) is 24.3 Å². The first-order valence-electron chi connectivity index (χ1n) is 12.1. The molecule has 0 bridgehead atoms. The van der Waals surface area contributed by atoms with Crippen molar-refractivity contribution in [3.63, 3.8) is 0 Å². The first kappa shape index (κ1) is 25.5. The van der Waals surface area contributed by atoms with Gasteiger partial charge in [0, 0.05) is 17.3 Å². The highest BCUT2D eigenvalue weighted by Crippen LogP contribution is 2.31. The Bertz CT molecular complexity index is 1320. The first-order chi connectivity index (χ1) is 18.0. The maximum atomic E-state index is 13.1. The van der Waals surface area contributed by atoms with Crippen molar-refractivity contribution in [3.8, 4) is 11.5 Å². The monoisotopic (exact) mass is 499 g/mol. The van der Waals surface area contributed by atoms with Gasteiger partial charge in [-0.25, -0.2) is 0 Å². The van der Waals surface area contributed by atoms with E-state index in [1.54, 1.807) is 55.7 Å². The van der Waals surface area contributed by atoms with Crippen LogP contribution in [0.4, 0.5) is 17.1 Å². The number of nitrogens with one attached hydrogen (secondary N) is 2. The lowest BCUT2D eigenvalue weighted by molar-refractivity contribution is -0.115. The Morgan fingerprint density at radius 2 is 1.84 bits per heavy atom. The number of nitrogens with zero attached hydrogens (tertiary/aromatic N) is 1. The summed E-state index contributed by atoms with van der Waals surface area (Å²) in [6, 6.07) is 19.2. The Morgan fingerprint density at radius 3 is 2.59 bits per heavy atom. The highest BCUT2D eigenvalue weighted by Gasteiger charge is 2.27. The van der Waals surface area contributed by atoms with Crippen LogP contribution in [0.3, 0.4) is 0 Å². The Labute approximate surface area is 215 Å². The number of hydrogen-bond donors (Lipinski definition) is 2. The number of carbonyl (C=O) groups is 3. The Hall–Kier alpha value is -4.59. The molecule has 190 valence electrons. The van der Waals surface area contributed by atoms with E-state index in [-0.39, 0.29) is 24.3 Å². The summed E-state index contributed by atoms with van der Waals surface area (Å²) in [5.41, 5.74) is 2.99. The third-order valence-electron chi connectivity index (χ3n) is 5.79. The molecule has 0 spiro atoms. The van der Waals surface area contributed by atoms with Gasteiger partial charge in [0.05, 0.1) is 25.1 Å². The molecule has 3 aromatic carbocycles. The molecule has 4 rings (SSSR count). The summed E-state index contributed by atoms with van der Waals surface area (Å²) in [7, 11) is 1.58. The van der Waals surface area contributed by atoms with Crippen LogP contribution in [0.5, 0.6) is 11.5 Å². The molecule has 37 heavy (non-hydrogen) atoms. The molecule has 0 aliphatic carbocycles. The Balaban J connectivity index is 1.38. The maximum Gasteiger partial charge on any atom is 0.258 e. The lowest BCUT2D eigenvalue weighted by Gasteiger charge is -2.29. The molecule has 1 aliphatic rings. The minimum Gasteiger partial charge on any atom is -0.493 e. The highest BCUT2D eigenvalue weighted by atomic mass is 16.5. The van der Waals surface area contributed by atoms with Crippen LogP contribution in [0.25, 0.3) is 6.08 Å². The Kier molecular flexibility index (Phi) is 8.20. The fraction of sp³-hybridized carbons (Fsp3) is 0.207. The lowest BCUT2D eigenvalue weighted by atomic mass is 10.1. The van der Waals surface area contributed by atoms with Crippen LogP contribution in [-0.2, 0) is 9.59 Å². The topological polar surface area (TPSA) is 97.0 Å². The molecular weight excluding hydrogens is 470 g/mol. The zero-order valence-corrected chi connectivity index (χ0v) is 20.8. The van der Waals surface area contributed by atoms with Crippen molar-refractivity contribution < 1.29 is 23.9 Å². The molecule has 8 nitrogen and oxygen atoms in total. The number of para-hydroxylation sites is 2. The molecule has 1 heterocycles. The van der Waals surface area contributed by atoms with Crippen molar-refractivity contribution in [3.05, 3.63) is 83.9 Å². The summed E-state index contributed by atoms with van der Waals surface area (Å²) < 4.78 is 11.1. The van der Waals surface area contributed by atoms with Crippen LogP contribution in [0.1, 0.15) is 35.7 Å². The van der Waals surface area contributed by atoms with Crippen molar-refractivity contribution in [1.29, 1.82) is 0 Å². The number of amides is 3. The number of carbonyl (C=O) groups excluding carboxylic acids is 3. The largest absolute Gasteiger partial charge is 0.493 e. The summed E-state index contributed by atoms with van der Waals surface area (Å²) in [5, 5.41) is 5.55. The quantitative estimate of drug-likeness (QED) is 0.314. The number of methoxy groups -OCH3 is 1. The average Bonchev–Trinajstić information content (AvgIpc) is 2.92. The molecule has 0 atom stereocenters. The molecule has 0 fully saturated rings. The van der Waals surface area contributed by atoms with E-state index >= 15 is 0 Å². The van der Waals surface area contributed by atoms with Crippen molar-refractivity contribution in [2.24, 2.45) is 0 Å². The van der Waals surface area contributed by atoms with Gasteiger partial charge >= 0.3 is 0 Å².